The molecular weight excluding hydrogens is 240 g/mol. The van der Waals surface area contributed by atoms with Gasteiger partial charge in [0, 0.05) is 17.8 Å². The fraction of sp³-hybridized carbons (Fsp3) is 1.00. The molecule has 18 heavy (non-hydrogen) atoms. The van der Waals surface area contributed by atoms with Crippen molar-refractivity contribution in [2.45, 2.75) is 58.0 Å². The molecule has 0 aromatic rings. The average molecular weight is 270 g/mol. The summed E-state index contributed by atoms with van der Waals surface area (Å²) in [6.07, 6.45) is 6.84. The van der Waals surface area contributed by atoms with E-state index in [2.05, 4.69) is 37.6 Å². The fourth-order valence-electron chi connectivity index (χ4n) is 3.76. The maximum atomic E-state index is 5.98. The van der Waals surface area contributed by atoms with E-state index in [0.717, 1.165) is 24.5 Å². The Bertz CT molecular complexity index is 267. The highest BCUT2D eigenvalue weighted by molar-refractivity contribution is 7.99. The summed E-state index contributed by atoms with van der Waals surface area (Å²) in [5.41, 5.74) is 6.49. The quantitative estimate of drug-likeness (QED) is 0.855. The molecule has 1 saturated heterocycles. The van der Waals surface area contributed by atoms with Crippen LogP contribution in [0.4, 0.5) is 0 Å². The number of thioether (sulfide) groups is 1. The van der Waals surface area contributed by atoms with Crippen molar-refractivity contribution in [3.63, 3.8) is 0 Å². The van der Waals surface area contributed by atoms with Crippen LogP contribution in [-0.2, 0) is 0 Å². The molecule has 2 N–H and O–H groups in total. The van der Waals surface area contributed by atoms with Gasteiger partial charge in [0.15, 0.2) is 0 Å². The number of hydrogen-bond acceptors (Lipinski definition) is 3. The van der Waals surface area contributed by atoms with E-state index in [9.17, 15) is 0 Å². The molecule has 1 aliphatic heterocycles. The van der Waals surface area contributed by atoms with Gasteiger partial charge in [-0.1, -0.05) is 26.7 Å². The lowest BCUT2D eigenvalue weighted by Gasteiger charge is -2.46. The second-order valence-corrected chi connectivity index (χ2v) is 8.08. The lowest BCUT2D eigenvalue weighted by atomic mass is 9.81. The molecule has 1 heterocycles. The summed E-state index contributed by atoms with van der Waals surface area (Å²) < 4.78 is 0. The third kappa shape index (κ3) is 3.43. The average Bonchev–Trinajstić information content (AvgIpc) is 2.36. The Hall–Kier alpha value is 0.270. The van der Waals surface area contributed by atoms with E-state index >= 15 is 0 Å². The van der Waals surface area contributed by atoms with Crippen molar-refractivity contribution in [3.05, 3.63) is 0 Å². The van der Waals surface area contributed by atoms with Gasteiger partial charge < -0.3 is 5.73 Å². The van der Waals surface area contributed by atoms with Gasteiger partial charge in [0.2, 0.25) is 0 Å². The molecule has 1 saturated carbocycles. The zero-order valence-corrected chi connectivity index (χ0v) is 13.1. The molecule has 0 bridgehead atoms. The van der Waals surface area contributed by atoms with E-state index in [0.29, 0.717) is 5.41 Å². The van der Waals surface area contributed by atoms with Gasteiger partial charge in [0.05, 0.1) is 0 Å². The van der Waals surface area contributed by atoms with E-state index in [1.165, 1.54) is 43.6 Å². The van der Waals surface area contributed by atoms with Gasteiger partial charge >= 0.3 is 0 Å². The highest BCUT2D eigenvalue weighted by atomic mass is 32.2. The van der Waals surface area contributed by atoms with Crippen molar-refractivity contribution in [2.24, 2.45) is 17.1 Å². The van der Waals surface area contributed by atoms with Gasteiger partial charge in [0.25, 0.3) is 0 Å². The van der Waals surface area contributed by atoms with Crippen molar-refractivity contribution >= 4 is 11.8 Å². The van der Waals surface area contributed by atoms with Crippen molar-refractivity contribution in [3.8, 4) is 0 Å². The van der Waals surface area contributed by atoms with Gasteiger partial charge in [-0.2, -0.15) is 11.8 Å². The third-order valence-corrected chi connectivity index (χ3v) is 6.47. The van der Waals surface area contributed by atoms with Crippen molar-refractivity contribution in [1.29, 1.82) is 0 Å². The molecule has 0 spiro atoms. The predicted molar refractivity (Wildman–Crippen MR) is 82.1 cm³/mol. The van der Waals surface area contributed by atoms with E-state index in [4.69, 9.17) is 5.73 Å². The first-order valence-corrected chi connectivity index (χ1v) is 8.69. The van der Waals surface area contributed by atoms with Crippen LogP contribution in [0.2, 0.25) is 0 Å². The molecule has 3 atom stereocenters. The maximum absolute atomic E-state index is 5.98. The van der Waals surface area contributed by atoms with Crippen LogP contribution in [0.15, 0.2) is 0 Å². The third-order valence-electron chi connectivity index (χ3n) is 4.86. The monoisotopic (exact) mass is 270 g/mol. The molecule has 2 nitrogen and oxygen atoms in total. The molecule has 0 aromatic carbocycles. The van der Waals surface area contributed by atoms with Crippen LogP contribution in [0.25, 0.3) is 0 Å². The Morgan fingerprint density at radius 3 is 2.67 bits per heavy atom. The highest BCUT2D eigenvalue weighted by Crippen LogP contribution is 2.38. The Morgan fingerprint density at radius 1 is 1.28 bits per heavy atom. The first-order chi connectivity index (χ1) is 8.53. The molecule has 3 unspecified atom stereocenters. The van der Waals surface area contributed by atoms with Gasteiger partial charge in [-0.3, -0.25) is 4.90 Å². The normalized spacial score (nSPS) is 36.8. The molecule has 1 aliphatic carbocycles. The lowest BCUT2D eigenvalue weighted by molar-refractivity contribution is 0.0793. The van der Waals surface area contributed by atoms with Crippen molar-refractivity contribution in [1.82, 2.24) is 4.90 Å². The molecule has 0 aromatic heterocycles. The molecule has 106 valence electrons. The van der Waals surface area contributed by atoms with Crippen LogP contribution in [0.1, 0.15) is 46.0 Å². The highest BCUT2D eigenvalue weighted by Gasteiger charge is 2.36. The first kappa shape index (κ1) is 14.7. The smallest absolute Gasteiger partial charge is 0.0191 e. The van der Waals surface area contributed by atoms with Crippen LogP contribution < -0.4 is 5.73 Å². The molecule has 3 heteroatoms. The van der Waals surface area contributed by atoms with Gasteiger partial charge in [-0.05, 0) is 49.9 Å². The molecule has 2 rings (SSSR count). The number of rotatable bonds is 3. The zero-order valence-electron chi connectivity index (χ0n) is 12.3. The van der Waals surface area contributed by atoms with Crippen LogP contribution in [0.5, 0.6) is 0 Å². The van der Waals surface area contributed by atoms with Gasteiger partial charge in [-0.15, -0.1) is 0 Å². The summed E-state index contributed by atoms with van der Waals surface area (Å²) in [4.78, 5) is 2.69. The Kier molecular flexibility index (Phi) is 5.01. The van der Waals surface area contributed by atoms with Crippen molar-refractivity contribution in [2.75, 3.05) is 25.1 Å². The van der Waals surface area contributed by atoms with Crippen LogP contribution in [0.3, 0.4) is 0 Å². The minimum atomic E-state index is 0.509. The van der Waals surface area contributed by atoms with E-state index in [-0.39, 0.29) is 0 Å². The molecule has 2 aliphatic rings. The van der Waals surface area contributed by atoms with E-state index in [1.54, 1.807) is 0 Å². The largest absolute Gasteiger partial charge is 0.330 e. The number of hydrogen-bond donors (Lipinski definition) is 1. The maximum Gasteiger partial charge on any atom is 0.0191 e. The van der Waals surface area contributed by atoms with Crippen LogP contribution in [-0.4, -0.2) is 42.1 Å². The lowest BCUT2D eigenvalue weighted by Crippen LogP contribution is -2.51. The molecule has 2 fully saturated rings. The minimum Gasteiger partial charge on any atom is -0.330 e. The summed E-state index contributed by atoms with van der Waals surface area (Å²) in [5.74, 6) is 3.37. The van der Waals surface area contributed by atoms with E-state index < -0.39 is 0 Å². The summed E-state index contributed by atoms with van der Waals surface area (Å²) in [6.45, 7) is 5.71. The SMILES string of the molecule is CN(C1CSCC(C)(C)C1)C1CCCCC1CN. The standard InChI is InChI=1S/C15H30N2S/c1-15(2)8-13(10-18-11-15)17(3)14-7-5-4-6-12(14)9-16/h12-14H,4-11,16H2,1-3H3. The minimum absolute atomic E-state index is 0.509. The van der Waals surface area contributed by atoms with Crippen LogP contribution >= 0.6 is 11.8 Å². The van der Waals surface area contributed by atoms with Gasteiger partial charge in [0.1, 0.15) is 0 Å². The summed E-state index contributed by atoms with van der Waals surface area (Å²) >= 11 is 2.14. The molecule has 0 radical (unpaired) electrons. The Balaban J connectivity index is 1.98. The Labute approximate surface area is 117 Å². The number of nitrogens with two attached hydrogens (primary N) is 1. The second kappa shape index (κ2) is 6.15. The molecular formula is C15H30N2S. The summed E-state index contributed by atoms with van der Waals surface area (Å²) in [7, 11) is 2.35. The van der Waals surface area contributed by atoms with Crippen molar-refractivity contribution < 1.29 is 0 Å². The topological polar surface area (TPSA) is 29.3 Å². The summed E-state index contributed by atoms with van der Waals surface area (Å²) in [5, 5.41) is 0. The predicted octanol–water partition coefficient (Wildman–Crippen LogP) is 2.97. The van der Waals surface area contributed by atoms with Crippen LogP contribution in [0, 0.1) is 11.3 Å². The molecule has 0 amide bonds. The fourth-order valence-corrected chi connectivity index (χ4v) is 5.17. The first-order valence-electron chi connectivity index (χ1n) is 7.53. The summed E-state index contributed by atoms with van der Waals surface area (Å²) in [6, 6.07) is 1.50. The zero-order chi connectivity index (χ0) is 13.2. The van der Waals surface area contributed by atoms with Gasteiger partial charge in [-0.25, -0.2) is 0 Å². The van der Waals surface area contributed by atoms with E-state index in [1.807, 2.05) is 0 Å². The second-order valence-electron chi connectivity index (χ2n) is 7.05. The number of nitrogens with zero attached hydrogens (tertiary/aromatic N) is 1. The Morgan fingerprint density at radius 2 is 2.00 bits per heavy atom.